The van der Waals surface area contributed by atoms with E-state index in [1.165, 1.54) is 0 Å². The molecule has 0 saturated heterocycles. The summed E-state index contributed by atoms with van der Waals surface area (Å²) in [4.78, 5) is 3.34. The van der Waals surface area contributed by atoms with Crippen LogP contribution < -0.4 is 10.6 Å². The molecule has 0 aliphatic heterocycles. The second-order valence-electron chi connectivity index (χ2n) is 3.17. The van der Waals surface area contributed by atoms with Crippen LogP contribution in [0.15, 0.2) is 25.3 Å². The van der Waals surface area contributed by atoms with Crippen LogP contribution in [0.2, 0.25) is 0 Å². The smallest absolute Gasteiger partial charge is 0.0461 e. The minimum atomic E-state index is 1.09. The van der Waals surface area contributed by atoms with Gasteiger partial charge >= 0.3 is 0 Å². The van der Waals surface area contributed by atoms with Crippen molar-refractivity contribution >= 4 is 24.3 Å². The zero-order chi connectivity index (χ0) is 11.3. The van der Waals surface area contributed by atoms with Crippen molar-refractivity contribution in [3.05, 3.63) is 47.1 Å². The van der Waals surface area contributed by atoms with E-state index in [4.69, 9.17) is 0 Å². The van der Waals surface area contributed by atoms with Gasteiger partial charge in [-0.2, -0.15) is 0 Å². The Labute approximate surface area is 90.8 Å². The molecule has 15 heavy (non-hydrogen) atoms. The maximum atomic E-state index is 3.84. The third-order valence-corrected chi connectivity index (χ3v) is 2.25. The molecule has 1 heteroatoms. The zero-order valence-corrected chi connectivity index (χ0v) is 9.38. The average Bonchev–Trinajstić information content (AvgIpc) is 2.57. The van der Waals surface area contributed by atoms with Gasteiger partial charge in [0.05, 0.1) is 0 Å². The molecule has 0 radical (unpaired) electrons. The van der Waals surface area contributed by atoms with Crippen LogP contribution in [0.4, 0.5) is 0 Å². The first-order valence-corrected chi connectivity index (χ1v) is 5.04. The van der Waals surface area contributed by atoms with E-state index in [1.54, 1.807) is 6.08 Å². The molecule has 0 aliphatic rings. The summed E-state index contributed by atoms with van der Waals surface area (Å²) in [5.41, 5.74) is 2.22. The summed E-state index contributed by atoms with van der Waals surface area (Å²) in [5, 5.41) is 2.26. The van der Waals surface area contributed by atoms with Gasteiger partial charge in [0.2, 0.25) is 0 Å². The van der Waals surface area contributed by atoms with Crippen molar-refractivity contribution in [1.82, 2.24) is 4.98 Å². The summed E-state index contributed by atoms with van der Waals surface area (Å²) in [6.45, 7) is 11.6. The Morgan fingerprint density at radius 3 is 2.40 bits per heavy atom. The van der Waals surface area contributed by atoms with Crippen molar-refractivity contribution in [3.63, 3.8) is 0 Å². The molecule has 1 aromatic heterocycles. The molecule has 0 aromatic carbocycles. The highest BCUT2D eigenvalue weighted by molar-refractivity contribution is 5.64. The predicted molar refractivity (Wildman–Crippen MR) is 69.6 cm³/mol. The Morgan fingerprint density at radius 1 is 1.20 bits per heavy atom. The van der Waals surface area contributed by atoms with E-state index < -0.39 is 0 Å². The van der Waals surface area contributed by atoms with Crippen molar-refractivity contribution in [2.45, 2.75) is 13.8 Å². The van der Waals surface area contributed by atoms with Crippen LogP contribution >= 0.6 is 0 Å². The lowest BCUT2D eigenvalue weighted by molar-refractivity contribution is 1.29. The summed E-state index contributed by atoms with van der Waals surface area (Å²) >= 11 is 0. The highest BCUT2D eigenvalue weighted by Gasteiger charge is 2.01. The van der Waals surface area contributed by atoms with Crippen LogP contribution in [-0.4, -0.2) is 4.98 Å². The SMILES string of the molecule is C=C/C=c1/c(C=C)c(/C=C\C)[nH]/c1=C/C. The lowest BCUT2D eigenvalue weighted by Gasteiger charge is -1.89. The second kappa shape index (κ2) is 5.20. The van der Waals surface area contributed by atoms with E-state index in [0.29, 0.717) is 0 Å². The van der Waals surface area contributed by atoms with Gasteiger partial charge < -0.3 is 4.98 Å². The van der Waals surface area contributed by atoms with Crippen molar-refractivity contribution in [3.8, 4) is 0 Å². The molecule has 0 bridgehead atoms. The van der Waals surface area contributed by atoms with Crippen LogP contribution in [-0.2, 0) is 0 Å². The Hall–Kier alpha value is -1.76. The lowest BCUT2D eigenvalue weighted by atomic mass is 10.1. The molecule has 0 spiro atoms. The van der Waals surface area contributed by atoms with Crippen LogP contribution in [0.5, 0.6) is 0 Å². The molecule has 0 atom stereocenters. The molecule has 1 rings (SSSR count). The third-order valence-electron chi connectivity index (χ3n) is 2.25. The molecule has 1 aromatic rings. The first kappa shape index (κ1) is 11.3. The maximum absolute atomic E-state index is 3.84. The van der Waals surface area contributed by atoms with E-state index in [2.05, 4.69) is 24.2 Å². The molecule has 1 heterocycles. The molecule has 0 aliphatic carbocycles. The molecule has 0 saturated carbocycles. The maximum Gasteiger partial charge on any atom is 0.0461 e. The fraction of sp³-hybridized carbons (Fsp3) is 0.143. The fourth-order valence-electron chi connectivity index (χ4n) is 1.61. The Bertz CT molecular complexity index is 498. The molecule has 0 amide bonds. The van der Waals surface area contributed by atoms with Crippen LogP contribution in [0.3, 0.4) is 0 Å². The molecule has 78 valence electrons. The number of nitrogens with one attached hydrogen (secondary N) is 1. The standard InChI is InChI=1S/C14H17N/c1-5-9-12-11(7-3)14(10-6-2)15-13(12)8-4/h5-10,15H,1,3H2,2,4H3/b10-6-,12-9-,13-8+. The predicted octanol–water partition coefficient (Wildman–Crippen LogP) is 2.46. The summed E-state index contributed by atoms with van der Waals surface area (Å²) in [6, 6.07) is 0. The van der Waals surface area contributed by atoms with E-state index in [1.807, 2.05) is 38.2 Å². The monoisotopic (exact) mass is 199 g/mol. The van der Waals surface area contributed by atoms with Crippen molar-refractivity contribution < 1.29 is 0 Å². The van der Waals surface area contributed by atoms with E-state index >= 15 is 0 Å². The average molecular weight is 199 g/mol. The highest BCUT2D eigenvalue weighted by atomic mass is 14.7. The van der Waals surface area contributed by atoms with Gasteiger partial charge in [0.1, 0.15) is 0 Å². The van der Waals surface area contributed by atoms with Crippen LogP contribution in [0.25, 0.3) is 24.3 Å². The van der Waals surface area contributed by atoms with Crippen molar-refractivity contribution in [2.24, 2.45) is 0 Å². The molecule has 1 N–H and O–H groups in total. The Kier molecular flexibility index (Phi) is 3.92. The molecule has 0 fully saturated rings. The molecule has 0 unspecified atom stereocenters. The van der Waals surface area contributed by atoms with E-state index in [9.17, 15) is 0 Å². The van der Waals surface area contributed by atoms with Gasteiger partial charge in [-0.05, 0) is 19.9 Å². The number of hydrogen-bond donors (Lipinski definition) is 1. The summed E-state index contributed by atoms with van der Waals surface area (Å²) in [7, 11) is 0. The quantitative estimate of drug-likeness (QED) is 0.769. The van der Waals surface area contributed by atoms with E-state index in [0.717, 1.165) is 21.8 Å². The number of rotatable bonds is 3. The van der Waals surface area contributed by atoms with Gasteiger partial charge in [0.15, 0.2) is 0 Å². The summed E-state index contributed by atoms with van der Waals surface area (Å²) in [5.74, 6) is 0. The van der Waals surface area contributed by atoms with Crippen LogP contribution in [0.1, 0.15) is 25.1 Å². The van der Waals surface area contributed by atoms with Gasteiger partial charge in [-0.25, -0.2) is 0 Å². The van der Waals surface area contributed by atoms with Crippen LogP contribution in [0, 0.1) is 0 Å². The van der Waals surface area contributed by atoms with Crippen molar-refractivity contribution in [2.75, 3.05) is 0 Å². The summed E-state index contributed by atoms with van der Waals surface area (Å²) < 4.78 is 0. The molecular weight excluding hydrogens is 182 g/mol. The normalized spacial score (nSPS) is 13.7. The zero-order valence-electron chi connectivity index (χ0n) is 9.38. The number of aromatic amines is 1. The largest absolute Gasteiger partial charge is 0.355 e. The fourth-order valence-corrected chi connectivity index (χ4v) is 1.61. The van der Waals surface area contributed by atoms with Crippen molar-refractivity contribution in [1.29, 1.82) is 0 Å². The minimum Gasteiger partial charge on any atom is -0.355 e. The van der Waals surface area contributed by atoms with Gasteiger partial charge in [-0.3, -0.25) is 0 Å². The lowest BCUT2D eigenvalue weighted by Crippen LogP contribution is -2.23. The second-order valence-corrected chi connectivity index (χ2v) is 3.17. The Morgan fingerprint density at radius 2 is 1.93 bits per heavy atom. The number of H-pyrrole nitrogens is 1. The van der Waals surface area contributed by atoms with Gasteiger partial charge in [-0.1, -0.05) is 43.5 Å². The third kappa shape index (κ3) is 2.18. The number of allylic oxidation sites excluding steroid dienone is 2. The van der Waals surface area contributed by atoms with E-state index in [-0.39, 0.29) is 0 Å². The van der Waals surface area contributed by atoms with Gasteiger partial charge in [0, 0.05) is 21.8 Å². The molecular formula is C14H17N. The Balaban J connectivity index is 3.69. The first-order chi connectivity index (χ1) is 7.28. The highest BCUT2D eigenvalue weighted by Crippen LogP contribution is 2.03. The number of hydrogen-bond acceptors (Lipinski definition) is 0. The first-order valence-electron chi connectivity index (χ1n) is 5.04. The van der Waals surface area contributed by atoms with Gasteiger partial charge in [0.25, 0.3) is 0 Å². The van der Waals surface area contributed by atoms with Gasteiger partial charge in [-0.15, -0.1) is 0 Å². The minimum absolute atomic E-state index is 1.09. The topological polar surface area (TPSA) is 15.8 Å². The summed E-state index contributed by atoms with van der Waals surface area (Å²) in [6.07, 6.45) is 11.8. The number of aromatic nitrogens is 1. The molecule has 1 nitrogen and oxygen atoms in total.